The van der Waals surface area contributed by atoms with Gasteiger partial charge in [-0.3, -0.25) is 19.3 Å². The minimum Gasteiger partial charge on any atom is -0.353 e. The average Bonchev–Trinajstić information content (AvgIpc) is 3.43. The molecule has 1 aromatic carbocycles. The molecule has 1 saturated carbocycles. The summed E-state index contributed by atoms with van der Waals surface area (Å²) >= 11 is 7.72. The molecule has 0 atom stereocenters. The Hall–Kier alpha value is -2.22. The molecule has 0 bridgehead atoms. The molecule has 4 rings (SSSR count). The van der Waals surface area contributed by atoms with E-state index in [4.69, 9.17) is 11.6 Å². The van der Waals surface area contributed by atoms with Crippen molar-refractivity contribution in [2.24, 2.45) is 5.92 Å². The number of ketones is 1. The number of carbonyl (C=O) groups excluding carboxylic acids is 3. The van der Waals surface area contributed by atoms with E-state index in [0.717, 1.165) is 25.7 Å². The molecular weight excluding hydrogens is 494 g/mol. The topological polar surface area (TPSA) is 69.7 Å². The normalized spacial score (nSPS) is 23.0. The number of Topliss-reactive ketones (excluding diaryl/α,β-unsaturated/α-hetero) is 1. The second kappa shape index (κ2) is 11.9. The third kappa shape index (κ3) is 6.18. The Labute approximate surface area is 223 Å². The Morgan fingerprint density at radius 2 is 1.69 bits per heavy atom. The summed E-state index contributed by atoms with van der Waals surface area (Å²) in [6.07, 6.45) is 5.62. The van der Waals surface area contributed by atoms with Gasteiger partial charge in [0, 0.05) is 53.4 Å². The largest absolute Gasteiger partial charge is 0.353 e. The van der Waals surface area contributed by atoms with Crippen LogP contribution in [0.3, 0.4) is 0 Å². The highest BCUT2D eigenvalue weighted by atomic mass is 35.5. The molecule has 0 radical (unpaired) electrons. The summed E-state index contributed by atoms with van der Waals surface area (Å²) < 4.78 is 0. The number of thiophene rings is 1. The van der Waals surface area contributed by atoms with Crippen molar-refractivity contribution in [2.75, 3.05) is 27.2 Å². The van der Waals surface area contributed by atoms with Gasteiger partial charge in [-0.2, -0.15) is 0 Å². The number of hydrogen-bond donors (Lipinski definition) is 1. The first-order chi connectivity index (χ1) is 17.3. The van der Waals surface area contributed by atoms with E-state index in [1.807, 2.05) is 0 Å². The number of nitrogens with one attached hydrogen (secondary N) is 1. The van der Waals surface area contributed by atoms with Crippen molar-refractivity contribution >= 4 is 40.5 Å². The van der Waals surface area contributed by atoms with Crippen LogP contribution < -0.4 is 5.32 Å². The highest BCUT2D eigenvalue weighted by Crippen LogP contribution is 2.43. The minimum atomic E-state index is -0.0757. The van der Waals surface area contributed by atoms with Crippen molar-refractivity contribution < 1.29 is 14.4 Å². The van der Waals surface area contributed by atoms with Gasteiger partial charge in [0.1, 0.15) is 0 Å². The Morgan fingerprint density at radius 3 is 2.28 bits per heavy atom. The van der Waals surface area contributed by atoms with Crippen LogP contribution in [0.2, 0.25) is 5.02 Å². The van der Waals surface area contributed by atoms with Crippen molar-refractivity contribution in [1.29, 1.82) is 0 Å². The highest BCUT2D eigenvalue weighted by Gasteiger charge is 2.39. The lowest BCUT2D eigenvalue weighted by molar-refractivity contribution is -0.134. The van der Waals surface area contributed by atoms with Crippen LogP contribution in [-0.2, 0) is 15.1 Å². The molecule has 8 heteroatoms. The van der Waals surface area contributed by atoms with Gasteiger partial charge in [0.25, 0.3) is 0 Å². The molecule has 1 saturated heterocycles. The number of rotatable bonds is 8. The Bertz CT molecular complexity index is 1040. The van der Waals surface area contributed by atoms with Crippen LogP contribution in [0, 0.1) is 5.92 Å². The smallest absolute Gasteiger partial charge is 0.223 e. The standard InChI is InChI=1S/C28H36ClN3O3S/c1-31(2)28(24-4-3-19-36-24)15-11-23(12-16-28)30-25(33)9-10-26(34)32-17-13-21(14-18-32)27(35)20-5-7-22(29)8-6-20/h3-8,19,21,23H,9-18H2,1-2H3,(H,30,33). The number of piperidine rings is 1. The van der Waals surface area contributed by atoms with E-state index in [2.05, 4.69) is 41.8 Å². The van der Waals surface area contributed by atoms with Crippen molar-refractivity contribution in [2.45, 2.75) is 62.9 Å². The monoisotopic (exact) mass is 529 g/mol. The molecule has 2 amide bonds. The number of likely N-dealkylation sites (tertiary alicyclic amines) is 1. The zero-order valence-corrected chi connectivity index (χ0v) is 22.7. The first kappa shape index (κ1) is 26.8. The van der Waals surface area contributed by atoms with Gasteiger partial charge in [0.05, 0.1) is 5.54 Å². The summed E-state index contributed by atoms with van der Waals surface area (Å²) in [6, 6.07) is 11.5. The lowest BCUT2D eigenvalue weighted by Gasteiger charge is -2.44. The van der Waals surface area contributed by atoms with Gasteiger partial charge in [0.2, 0.25) is 11.8 Å². The molecule has 1 aliphatic heterocycles. The van der Waals surface area contributed by atoms with Crippen LogP contribution in [0.25, 0.3) is 0 Å². The molecule has 2 aliphatic rings. The fourth-order valence-electron chi connectivity index (χ4n) is 5.62. The summed E-state index contributed by atoms with van der Waals surface area (Å²) in [7, 11) is 4.28. The van der Waals surface area contributed by atoms with E-state index in [0.29, 0.717) is 36.5 Å². The second-order valence-corrected chi connectivity index (χ2v) is 11.7. The molecule has 2 aromatic rings. The maximum absolute atomic E-state index is 12.7. The van der Waals surface area contributed by atoms with Gasteiger partial charge in [-0.25, -0.2) is 0 Å². The lowest BCUT2D eigenvalue weighted by Crippen LogP contribution is -2.48. The van der Waals surface area contributed by atoms with Crippen LogP contribution in [-0.4, -0.2) is 60.6 Å². The van der Waals surface area contributed by atoms with Crippen LogP contribution in [0.15, 0.2) is 41.8 Å². The fraction of sp³-hybridized carbons (Fsp3) is 0.536. The van der Waals surface area contributed by atoms with Gasteiger partial charge in [-0.15, -0.1) is 11.3 Å². The maximum atomic E-state index is 12.7. The third-order valence-corrected chi connectivity index (χ3v) is 9.24. The molecule has 1 N–H and O–H groups in total. The number of benzene rings is 1. The van der Waals surface area contributed by atoms with Crippen molar-refractivity contribution in [3.8, 4) is 0 Å². The third-order valence-electron chi connectivity index (χ3n) is 7.93. The number of amides is 2. The zero-order chi connectivity index (χ0) is 25.7. The van der Waals surface area contributed by atoms with E-state index in [-0.39, 0.29) is 47.9 Å². The number of carbonyl (C=O) groups is 3. The predicted octanol–water partition coefficient (Wildman–Crippen LogP) is 5.12. The summed E-state index contributed by atoms with van der Waals surface area (Å²) in [6.45, 7) is 1.12. The summed E-state index contributed by atoms with van der Waals surface area (Å²) in [5.74, 6) is -0.0126. The summed E-state index contributed by atoms with van der Waals surface area (Å²) in [5, 5.41) is 5.91. The molecule has 194 valence electrons. The van der Waals surface area contributed by atoms with Gasteiger partial charge < -0.3 is 10.2 Å². The Kier molecular flexibility index (Phi) is 8.86. The molecule has 2 heterocycles. The average molecular weight is 530 g/mol. The minimum absolute atomic E-state index is 0.00416. The van der Waals surface area contributed by atoms with E-state index in [9.17, 15) is 14.4 Å². The van der Waals surface area contributed by atoms with E-state index in [1.165, 1.54) is 4.88 Å². The summed E-state index contributed by atoms with van der Waals surface area (Å²) in [5.41, 5.74) is 0.716. The molecule has 1 aromatic heterocycles. The van der Waals surface area contributed by atoms with Gasteiger partial charge >= 0.3 is 0 Å². The van der Waals surface area contributed by atoms with Crippen LogP contribution in [0.1, 0.15) is 66.6 Å². The number of hydrogen-bond acceptors (Lipinski definition) is 5. The van der Waals surface area contributed by atoms with Crippen molar-refractivity contribution in [3.05, 3.63) is 57.2 Å². The summed E-state index contributed by atoms with van der Waals surface area (Å²) in [4.78, 5) is 43.6. The quantitative estimate of drug-likeness (QED) is 0.482. The first-order valence-corrected chi connectivity index (χ1v) is 14.1. The fourth-order valence-corrected chi connectivity index (χ4v) is 6.81. The Morgan fingerprint density at radius 1 is 1.03 bits per heavy atom. The van der Waals surface area contributed by atoms with E-state index >= 15 is 0 Å². The predicted molar refractivity (Wildman–Crippen MR) is 144 cm³/mol. The molecular formula is C28H36ClN3O3S. The molecule has 0 spiro atoms. The zero-order valence-electron chi connectivity index (χ0n) is 21.2. The lowest BCUT2D eigenvalue weighted by atomic mass is 9.77. The molecule has 6 nitrogen and oxygen atoms in total. The SMILES string of the molecule is CN(C)C1(c2cccs2)CCC(NC(=O)CCC(=O)N2CCC(C(=O)c3ccc(Cl)cc3)CC2)CC1. The van der Waals surface area contributed by atoms with Gasteiger partial charge in [-0.1, -0.05) is 17.7 Å². The molecule has 0 unspecified atom stereocenters. The van der Waals surface area contributed by atoms with E-state index < -0.39 is 0 Å². The number of halogens is 1. The van der Waals surface area contributed by atoms with Gasteiger partial charge in [0.15, 0.2) is 5.78 Å². The van der Waals surface area contributed by atoms with Crippen LogP contribution in [0.4, 0.5) is 0 Å². The molecule has 2 fully saturated rings. The highest BCUT2D eigenvalue weighted by molar-refractivity contribution is 7.10. The second-order valence-electron chi connectivity index (χ2n) is 10.3. The first-order valence-electron chi connectivity index (χ1n) is 12.9. The Balaban J connectivity index is 1.18. The number of nitrogens with zero attached hydrogens (tertiary/aromatic N) is 2. The molecule has 1 aliphatic carbocycles. The maximum Gasteiger partial charge on any atom is 0.223 e. The molecule has 36 heavy (non-hydrogen) atoms. The van der Waals surface area contributed by atoms with Crippen LogP contribution in [0.5, 0.6) is 0 Å². The van der Waals surface area contributed by atoms with Gasteiger partial charge in [-0.05, 0) is 88.3 Å². The van der Waals surface area contributed by atoms with Crippen molar-refractivity contribution in [3.63, 3.8) is 0 Å². The van der Waals surface area contributed by atoms with Crippen molar-refractivity contribution in [1.82, 2.24) is 15.1 Å². The van der Waals surface area contributed by atoms with Crippen LogP contribution >= 0.6 is 22.9 Å². The van der Waals surface area contributed by atoms with E-state index in [1.54, 1.807) is 40.5 Å².